The molecular weight excluding hydrogens is 257 g/mol. The molecule has 0 saturated carbocycles. The molecule has 0 heterocycles. The lowest BCUT2D eigenvalue weighted by Gasteiger charge is -2.11. The maximum Gasteiger partial charge on any atom is 0.143 e. The van der Waals surface area contributed by atoms with Crippen molar-refractivity contribution in [2.45, 2.75) is 0 Å². The van der Waals surface area contributed by atoms with Gasteiger partial charge in [-0.25, -0.2) is 4.39 Å². The Morgan fingerprint density at radius 1 is 1.10 bits per heavy atom. The molecule has 98 valence electrons. The highest BCUT2D eigenvalue weighted by Crippen LogP contribution is 2.27. The normalized spacial score (nSPS) is 9.40. The number of hydrogen-bond acceptors (Lipinski definition) is 4. The third-order valence-electron chi connectivity index (χ3n) is 2.74. The molecule has 0 bridgehead atoms. The highest BCUT2D eigenvalue weighted by atomic mass is 19.1. The second-order valence-corrected chi connectivity index (χ2v) is 3.92. The zero-order chi connectivity index (χ0) is 14.5. The average Bonchev–Trinajstić information content (AvgIpc) is 2.47. The van der Waals surface area contributed by atoms with Crippen molar-refractivity contribution < 1.29 is 9.13 Å². The third kappa shape index (κ3) is 2.52. The number of nitriles is 2. The fraction of sp³-hybridized carbons (Fsp3) is 0.0667. The molecule has 0 aliphatic rings. The topological polar surface area (TPSA) is 68.8 Å². The van der Waals surface area contributed by atoms with Crippen molar-refractivity contribution in [3.05, 3.63) is 53.3 Å². The third-order valence-corrected chi connectivity index (χ3v) is 2.74. The van der Waals surface area contributed by atoms with Crippen molar-refractivity contribution in [2.75, 3.05) is 12.4 Å². The van der Waals surface area contributed by atoms with Gasteiger partial charge in [0.15, 0.2) is 0 Å². The summed E-state index contributed by atoms with van der Waals surface area (Å²) in [7, 11) is 1.51. The Morgan fingerprint density at radius 2 is 1.90 bits per heavy atom. The van der Waals surface area contributed by atoms with Gasteiger partial charge in [0.1, 0.15) is 29.3 Å². The first-order chi connectivity index (χ1) is 9.69. The van der Waals surface area contributed by atoms with E-state index in [1.54, 1.807) is 30.3 Å². The van der Waals surface area contributed by atoms with Crippen molar-refractivity contribution in [2.24, 2.45) is 0 Å². The van der Waals surface area contributed by atoms with Gasteiger partial charge in [-0.2, -0.15) is 10.5 Å². The van der Waals surface area contributed by atoms with Crippen LogP contribution in [-0.2, 0) is 0 Å². The van der Waals surface area contributed by atoms with Crippen LogP contribution in [0.4, 0.5) is 15.8 Å². The lowest BCUT2D eigenvalue weighted by atomic mass is 10.1. The number of halogens is 1. The van der Waals surface area contributed by atoms with Crippen LogP contribution in [0.2, 0.25) is 0 Å². The van der Waals surface area contributed by atoms with Crippen LogP contribution in [0.15, 0.2) is 36.4 Å². The summed E-state index contributed by atoms with van der Waals surface area (Å²) in [6.07, 6.45) is 0. The van der Waals surface area contributed by atoms with Gasteiger partial charge in [0.25, 0.3) is 0 Å². The summed E-state index contributed by atoms with van der Waals surface area (Å²) < 4.78 is 18.6. The molecule has 0 saturated heterocycles. The van der Waals surface area contributed by atoms with E-state index >= 15 is 0 Å². The molecule has 0 radical (unpaired) electrons. The fourth-order valence-electron chi connectivity index (χ4n) is 1.74. The maximum absolute atomic E-state index is 13.5. The van der Waals surface area contributed by atoms with Crippen LogP contribution < -0.4 is 10.1 Å². The van der Waals surface area contributed by atoms with Crippen LogP contribution in [0.5, 0.6) is 5.75 Å². The van der Waals surface area contributed by atoms with E-state index in [0.29, 0.717) is 22.7 Å². The SMILES string of the molecule is COc1ccc(C#N)c(Nc2cccc(F)c2C#N)c1. The minimum absolute atomic E-state index is 0.0980. The Balaban J connectivity index is 2.48. The summed E-state index contributed by atoms with van der Waals surface area (Å²) in [5.74, 6) is -0.0553. The number of nitrogens with one attached hydrogen (secondary N) is 1. The predicted molar refractivity (Wildman–Crippen MR) is 72.1 cm³/mol. The molecule has 0 aliphatic heterocycles. The zero-order valence-corrected chi connectivity index (χ0v) is 10.6. The van der Waals surface area contributed by atoms with Gasteiger partial charge >= 0.3 is 0 Å². The smallest absolute Gasteiger partial charge is 0.143 e. The fourth-order valence-corrected chi connectivity index (χ4v) is 1.74. The first kappa shape index (κ1) is 13.4. The summed E-state index contributed by atoms with van der Waals surface area (Å²) in [6, 6.07) is 13.0. The van der Waals surface area contributed by atoms with Crippen molar-refractivity contribution in [1.82, 2.24) is 0 Å². The molecular formula is C15H10FN3O. The van der Waals surface area contributed by atoms with Gasteiger partial charge in [-0.15, -0.1) is 0 Å². The first-order valence-corrected chi connectivity index (χ1v) is 5.73. The molecule has 2 rings (SSSR count). The summed E-state index contributed by atoms with van der Waals surface area (Å²) >= 11 is 0. The predicted octanol–water partition coefficient (Wildman–Crippen LogP) is 3.32. The van der Waals surface area contributed by atoms with Crippen molar-refractivity contribution in [3.63, 3.8) is 0 Å². The van der Waals surface area contributed by atoms with E-state index in [2.05, 4.69) is 5.32 Å². The molecule has 5 heteroatoms. The maximum atomic E-state index is 13.5. The van der Waals surface area contributed by atoms with E-state index in [9.17, 15) is 4.39 Å². The summed E-state index contributed by atoms with van der Waals surface area (Å²) in [4.78, 5) is 0. The summed E-state index contributed by atoms with van der Waals surface area (Å²) in [5.41, 5.74) is 1.03. The second-order valence-electron chi connectivity index (χ2n) is 3.92. The molecule has 0 aliphatic carbocycles. The van der Waals surface area contributed by atoms with Gasteiger partial charge in [0.05, 0.1) is 24.0 Å². The largest absolute Gasteiger partial charge is 0.497 e. The van der Waals surface area contributed by atoms with Crippen LogP contribution in [0.3, 0.4) is 0 Å². The molecule has 0 amide bonds. The van der Waals surface area contributed by atoms with E-state index in [0.717, 1.165) is 0 Å². The molecule has 4 nitrogen and oxygen atoms in total. The molecule has 2 aromatic carbocycles. The number of anilines is 2. The lowest BCUT2D eigenvalue weighted by Crippen LogP contribution is -1.98. The Labute approximate surface area is 115 Å². The lowest BCUT2D eigenvalue weighted by molar-refractivity contribution is 0.415. The summed E-state index contributed by atoms with van der Waals surface area (Å²) in [5, 5.41) is 20.9. The van der Waals surface area contributed by atoms with Gasteiger partial charge in [0, 0.05) is 6.07 Å². The molecule has 0 fully saturated rings. The van der Waals surface area contributed by atoms with E-state index in [-0.39, 0.29) is 5.56 Å². The monoisotopic (exact) mass is 267 g/mol. The number of nitrogens with zero attached hydrogens (tertiary/aromatic N) is 2. The molecule has 0 spiro atoms. The second kappa shape index (κ2) is 5.73. The van der Waals surface area contributed by atoms with E-state index < -0.39 is 5.82 Å². The van der Waals surface area contributed by atoms with Crippen molar-refractivity contribution >= 4 is 11.4 Å². The minimum atomic E-state index is -0.612. The Kier molecular flexibility index (Phi) is 3.83. The Morgan fingerprint density at radius 3 is 2.55 bits per heavy atom. The molecule has 0 aromatic heterocycles. The zero-order valence-electron chi connectivity index (χ0n) is 10.6. The number of benzene rings is 2. The van der Waals surface area contributed by atoms with E-state index in [1.807, 2.05) is 6.07 Å². The van der Waals surface area contributed by atoms with Crippen LogP contribution in [-0.4, -0.2) is 7.11 Å². The number of rotatable bonds is 3. The summed E-state index contributed by atoms with van der Waals surface area (Å²) in [6.45, 7) is 0. The standard InChI is InChI=1S/C15H10FN3O/c1-20-11-6-5-10(8-17)15(7-11)19-14-4-2-3-13(16)12(14)9-18/h2-7,19H,1H3. The molecule has 2 aromatic rings. The van der Waals surface area contributed by atoms with Crippen LogP contribution >= 0.6 is 0 Å². The van der Waals surface area contributed by atoms with Gasteiger partial charge in [0.2, 0.25) is 0 Å². The van der Waals surface area contributed by atoms with Gasteiger partial charge in [-0.3, -0.25) is 0 Å². The van der Waals surface area contributed by atoms with Gasteiger partial charge < -0.3 is 10.1 Å². The highest BCUT2D eigenvalue weighted by molar-refractivity contribution is 5.72. The van der Waals surface area contributed by atoms with Crippen molar-refractivity contribution in [1.29, 1.82) is 10.5 Å². The van der Waals surface area contributed by atoms with Crippen LogP contribution in [0.1, 0.15) is 11.1 Å². The van der Waals surface area contributed by atoms with Crippen LogP contribution in [0.25, 0.3) is 0 Å². The van der Waals surface area contributed by atoms with Crippen molar-refractivity contribution in [3.8, 4) is 17.9 Å². The molecule has 0 unspecified atom stereocenters. The quantitative estimate of drug-likeness (QED) is 0.926. The Bertz CT molecular complexity index is 729. The average molecular weight is 267 g/mol. The molecule has 1 N–H and O–H groups in total. The highest BCUT2D eigenvalue weighted by Gasteiger charge is 2.10. The Hall–Kier alpha value is -3.05. The minimum Gasteiger partial charge on any atom is -0.497 e. The van der Waals surface area contributed by atoms with E-state index in [1.165, 1.54) is 19.2 Å². The van der Waals surface area contributed by atoms with Crippen LogP contribution in [0, 0.1) is 28.5 Å². The van der Waals surface area contributed by atoms with Gasteiger partial charge in [-0.1, -0.05) is 6.07 Å². The number of methoxy groups -OCH3 is 1. The number of ether oxygens (including phenoxy) is 1. The van der Waals surface area contributed by atoms with Gasteiger partial charge in [-0.05, 0) is 24.3 Å². The first-order valence-electron chi connectivity index (χ1n) is 5.73. The van der Waals surface area contributed by atoms with E-state index in [4.69, 9.17) is 15.3 Å². The molecule has 0 atom stereocenters. The molecule has 20 heavy (non-hydrogen) atoms. The number of hydrogen-bond donors (Lipinski definition) is 1.